The fourth-order valence-electron chi connectivity index (χ4n) is 2.75. The predicted molar refractivity (Wildman–Crippen MR) is 93.0 cm³/mol. The molecule has 0 saturated carbocycles. The van der Waals surface area contributed by atoms with Crippen LogP contribution in [0.15, 0.2) is 30.5 Å². The molecule has 0 unspecified atom stereocenters. The first kappa shape index (κ1) is 15.8. The zero-order chi connectivity index (χ0) is 17.3. The summed E-state index contributed by atoms with van der Waals surface area (Å²) in [6.07, 6.45) is 1.81. The van der Waals surface area contributed by atoms with Crippen molar-refractivity contribution in [2.75, 3.05) is 19.9 Å². The van der Waals surface area contributed by atoms with Crippen LogP contribution in [-0.4, -0.2) is 34.8 Å². The van der Waals surface area contributed by atoms with Crippen LogP contribution in [0.4, 0.5) is 5.82 Å². The van der Waals surface area contributed by atoms with Gasteiger partial charge in [0.05, 0.1) is 24.6 Å². The van der Waals surface area contributed by atoms with Gasteiger partial charge in [-0.3, -0.25) is 9.48 Å². The SMILES string of the molecule is CCn1ncc2ccc(-c3ccc(C(=O)NC)c(N)n3)c(OC)c21. The largest absolute Gasteiger partial charge is 0.494 e. The van der Waals surface area contributed by atoms with Crippen LogP contribution < -0.4 is 15.8 Å². The zero-order valence-electron chi connectivity index (χ0n) is 13.8. The van der Waals surface area contributed by atoms with Crippen LogP contribution in [0, 0.1) is 0 Å². The van der Waals surface area contributed by atoms with E-state index in [1.54, 1.807) is 26.3 Å². The maximum atomic E-state index is 11.8. The van der Waals surface area contributed by atoms with Gasteiger partial charge in [0.25, 0.3) is 5.91 Å². The van der Waals surface area contributed by atoms with E-state index in [1.807, 2.05) is 29.9 Å². The Labute approximate surface area is 139 Å². The molecule has 124 valence electrons. The number of aromatic nitrogens is 3. The van der Waals surface area contributed by atoms with E-state index in [-0.39, 0.29) is 11.7 Å². The minimum atomic E-state index is -0.266. The lowest BCUT2D eigenvalue weighted by Gasteiger charge is -2.12. The van der Waals surface area contributed by atoms with E-state index in [9.17, 15) is 4.79 Å². The number of hydrogen-bond donors (Lipinski definition) is 2. The molecule has 0 bridgehead atoms. The molecule has 0 saturated heterocycles. The fourth-order valence-corrected chi connectivity index (χ4v) is 2.75. The van der Waals surface area contributed by atoms with Gasteiger partial charge in [-0.1, -0.05) is 6.07 Å². The lowest BCUT2D eigenvalue weighted by molar-refractivity contribution is 0.0963. The number of aryl methyl sites for hydroxylation is 1. The quantitative estimate of drug-likeness (QED) is 0.765. The fraction of sp³-hybridized carbons (Fsp3) is 0.235. The summed E-state index contributed by atoms with van der Waals surface area (Å²) in [5, 5.41) is 7.90. The number of methoxy groups -OCH3 is 1. The highest BCUT2D eigenvalue weighted by molar-refractivity contribution is 5.99. The molecule has 0 aliphatic carbocycles. The van der Waals surface area contributed by atoms with Crippen LogP contribution in [0.2, 0.25) is 0 Å². The third kappa shape index (κ3) is 2.44. The Bertz CT molecular complexity index is 917. The summed E-state index contributed by atoms with van der Waals surface area (Å²) >= 11 is 0. The molecule has 24 heavy (non-hydrogen) atoms. The van der Waals surface area contributed by atoms with Crippen LogP contribution in [0.5, 0.6) is 5.75 Å². The van der Waals surface area contributed by atoms with Crippen molar-refractivity contribution < 1.29 is 9.53 Å². The first-order valence-corrected chi connectivity index (χ1v) is 7.62. The van der Waals surface area contributed by atoms with E-state index in [1.165, 1.54) is 0 Å². The first-order valence-electron chi connectivity index (χ1n) is 7.62. The van der Waals surface area contributed by atoms with Crippen molar-refractivity contribution in [3.63, 3.8) is 0 Å². The molecule has 0 atom stereocenters. The Balaban J connectivity index is 2.19. The number of nitrogen functional groups attached to an aromatic ring is 1. The molecule has 0 radical (unpaired) electrons. The molecule has 2 heterocycles. The summed E-state index contributed by atoms with van der Waals surface area (Å²) in [6.45, 7) is 2.75. The number of fused-ring (bicyclic) bond motifs is 1. The minimum Gasteiger partial charge on any atom is -0.494 e. The van der Waals surface area contributed by atoms with E-state index in [2.05, 4.69) is 15.4 Å². The molecule has 1 aromatic carbocycles. The van der Waals surface area contributed by atoms with Gasteiger partial charge in [0.2, 0.25) is 0 Å². The molecule has 3 aromatic rings. The van der Waals surface area contributed by atoms with Crippen molar-refractivity contribution >= 4 is 22.6 Å². The number of nitrogens with two attached hydrogens (primary N) is 1. The average Bonchev–Trinajstić information content (AvgIpc) is 3.03. The van der Waals surface area contributed by atoms with Crippen LogP contribution in [0.25, 0.3) is 22.2 Å². The maximum Gasteiger partial charge on any atom is 0.254 e. The highest BCUT2D eigenvalue weighted by Gasteiger charge is 2.17. The van der Waals surface area contributed by atoms with E-state index in [0.717, 1.165) is 23.0 Å². The van der Waals surface area contributed by atoms with E-state index in [0.29, 0.717) is 17.0 Å². The van der Waals surface area contributed by atoms with Crippen LogP contribution in [0.1, 0.15) is 17.3 Å². The van der Waals surface area contributed by atoms with Gasteiger partial charge in [-0.2, -0.15) is 5.10 Å². The van der Waals surface area contributed by atoms with E-state index in [4.69, 9.17) is 10.5 Å². The molecule has 0 fully saturated rings. The Morgan fingerprint density at radius 2 is 2.12 bits per heavy atom. The van der Waals surface area contributed by atoms with Crippen molar-refractivity contribution in [2.45, 2.75) is 13.5 Å². The Hall–Kier alpha value is -3.09. The number of amides is 1. The third-order valence-corrected chi connectivity index (χ3v) is 3.93. The number of nitrogens with one attached hydrogen (secondary N) is 1. The topological polar surface area (TPSA) is 95.1 Å². The Kier molecular flexibility index (Phi) is 4.07. The number of anilines is 1. The van der Waals surface area contributed by atoms with Crippen molar-refractivity contribution in [2.24, 2.45) is 0 Å². The molecule has 0 aliphatic heterocycles. The number of carbonyl (C=O) groups is 1. The minimum absolute atomic E-state index is 0.179. The van der Waals surface area contributed by atoms with Gasteiger partial charge in [-0.05, 0) is 25.1 Å². The third-order valence-electron chi connectivity index (χ3n) is 3.93. The van der Waals surface area contributed by atoms with Crippen molar-refractivity contribution in [1.82, 2.24) is 20.1 Å². The van der Waals surface area contributed by atoms with Crippen LogP contribution in [-0.2, 0) is 6.54 Å². The summed E-state index contributed by atoms with van der Waals surface area (Å²) < 4.78 is 7.51. The molecule has 7 nitrogen and oxygen atoms in total. The standard InChI is InChI=1S/C17H19N5O2/c1-4-22-14-10(9-20-22)5-6-11(15(14)24-3)13-8-7-12(16(18)21-13)17(23)19-2/h5-9H,4H2,1-3H3,(H2,18,21)(H,19,23). The molecule has 1 amide bonds. The maximum absolute atomic E-state index is 11.8. The second kappa shape index (κ2) is 6.19. The molecular weight excluding hydrogens is 306 g/mol. The molecule has 0 aliphatic rings. The van der Waals surface area contributed by atoms with Gasteiger partial charge >= 0.3 is 0 Å². The summed E-state index contributed by atoms with van der Waals surface area (Å²) in [5.41, 5.74) is 8.65. The molecule has 3 rings (SSSR count). The molecule has 7 heteroatoms. The summed E-state index contributed by atoms with van der Waals surface area (Å²) in [5.74, 6) is 0.600. The van der Waals surface area contributed by atoms with Gasteiger partial charge in [0.15, 0.2) is 5.75 Å². The van der Waals surface area contributed by atoms with Gasteiger partial charge in [-0.25, -0.2) is 4.98 Å². The number of rotatable bonds is 4. The lowest BCUT2D eigenvalue weighted by Crippen LogP contribution is -2.19. The second-order valence-electron chi connectivity index (χ2n) is 5.25. The molecular formula is C17H19N5O2. The first-order chi connectivity index (χ1) is 11.6. The van der Waals surface area contributed by atoms with Crippen molar-refractivity contribution in [3.05, 3.63) is 36.0 Å². The highest BCUT2D eigenvalue weighted by Crippen LogP contribution is 2.36. The van der Waals surface area contributed by atoms with Crippen LogP contribution in [0.3, 0.4) is 0 Å². The molecule has 2 aromatic heterocycles. The number of carbonyl (C=O) groups excluding carboxylic acids is 1. The lowest BCUT2D eigenvalue weighted by atomic mass is 10.1. The second-order valence-corrected chi connectivity index (χ2v) is 5.25. The monoisotopic (exact) mass is 325 g/mol. The van der Waals surface area contributed by atoms with E-state index < -0.39 is 0 Å². The number of pyridine rings is 1. The number of benzene rings is 1. The molecule has 0 spiro atoms. The predicted octanol–water partition coefficient (Wildman–Crippen LogP) is 2.07. The van der Waals surface area contributed by atoms with Gasteiger partial charge in [0.1, 0.15) is 11.3 Å². The number of hydrogen-bond acceptors (Lipinski definition) is 5. The van der Waals surface area contributed by atoms with E-state index >= 15 is 0 Å². The normalized spacial score (nSPS) is 10.8. The van der Waals surface area contributed by atoms with Crippen LogP contribution >= 0.6 is 0 Å². The highest BCUT2D eigenvalue weighted by atomic mass is 16.5. The zero-order valence-corrected chi connectivity index (χ0v) is 13.8. The Morgan fingerprint density at radius 1 is 1.33 bits per heavy atom. The average molecular weight is 325 g/mol. The summed E-state index contributed by atoms with van der Waals surface area (Å²) in [7, 11) is 3.17. The Morgan fingerprint density at radius 3 is 2.75 bits per heavy atom. The van der Waals surface area contributed by atoms with Gasteiger partial charge in [0, 0.05) is 24.5 Å². The molecule has 3 N–H and O–H groups in total. The van der Waals surface area contributed by atoms with Crippen molar-refractivity contribution in [3.8, 4) is 17.0 Å². The summed E-state index contributed by atoms with van der Waals surface area (Å²) in [4.78, 5) is 16.1. The van der Waals surface area contributed by atoms with Gasteiger partial charge < -0.3 is 15.8 Å². The smallest absolute Gasteiger partial charge is 0.254 e. The van der Waals surface area contributed by atoms with Gasteiger partial charge in [-0.15, -0.1) is 0 Å². The van der Waals surface area contributed by atoms with Crippen molar-refractivity contribution in [1.29, 1.82) is 0 Å². The number of nitrogens with zero attached hydrogens (tertiary/aromatic N) is 3. The summed E-state index contributed by atoms with van der Waals surface area (Å²) in [6, 6.07) is 7.32. The number of ether oxygens (including phenoxy) is 1.